The number of aliphatic hydroxyl groups excluding tert-OH is 1. The summed E-state index contributed by atoms with van der Waals surface area (Å²) >= 11 is 6.23. The molecular formula is C15H20ClNO3. The third-order valence-corrected chi connectivity index (χ3v) is 4.28. The Morgan fingerprint density at radius 3 is 2.75 bits per heavy atom. The molecule has 1 amide bonds. The number of hydrogen-bond acceptors (Lipinski definition) is 3. The van der Waals surface area contributed by atoms with E-state index in [1.54, 1.807) is 0 Å². The zero-order valence-electron chi connectivity index (χ0n) is 11.5. The number of nitrogens with one attached hydrogen (secondary N) is 1. The van der Waals surface area contributed by atoms with Gasteiger partial charge in [0.2, 0.25) is 5.91 Å². The number of benzene rings is 1. The smallest absolute Gasteiger partial charge is 0.217 e. The van der Waals surface area contributed by atoms with Crippen LogP contribution >= 0.6 is 11.6 Å². The Bertz CT molecular complexity index is 454. The zero-order chi connectivity index (χ0) is 14.6. The highest BCUT2D eigenvalue weighted by Gasteiger charge is 2.45. The number of carbonyl (C=O) groups is 1. The summed E-state index contributed by atoms with van der Waals surface area (Å²) in [5.41, 5.74) is 0.147. The molecule has 1 saturated heterocycles. The molecule has 3 atom stereocenters. The standard InChI is InChI=1S/C15H20ClNO3/c1-11(18)17-15(10-16,12-5-3-2-4-6-12)13-7-8-20-9-14(13)19/h2-6,13-14,19H,7-10H2,1H3,(H,17,18)/t13-,14-,15-/m1/s1. The van der Waals surface area contributed by atoms with E-state index in [-0.39, 0.29) is 24.3 Å². The molecule has 1 aromatic rings. The van der Waals surface area contributed by atoms with Gasteiger partial charge in [-0.3, -0.25) is 4.79 Å². The topological polar surface area (TPSA) is 58.6 Å². The summed E-state index contributed by atoms with van der Waals surface area (Å²) in [5, 5.41) is 13.2. The van der Waals surface area contributed by atoms with Crippen LogP contribution in [0.2, 0.25) is 0 Å². The van der Waals surface area contributed by atoms with Gasteiger partial charge in [0.05, 0.1) is 24.1 Å². The fourth-order valence-electron chi connectivity index (χ4n) is 2.94. The van der Waals surface area contributed by atoms with Crippen LogP contribution < -0.4 is 5.32 Å². The maximum Gasteiger partial charge on any atom is 0.217 e. The molecule has 1 fully saturated rings. The minimum Gasteiger partial charge on any atom is -0.390 e. The minimum atomic E-state index is -0.766. The Hall–Kier alpha value is -1.10. The van der Waals surface area contributed by atoms with E-state index < -0.39 is 11.6 Å². The molecule has 1 heterocycles. The van der Waals surface area contributed by atoms with Gasteiger partial charge < -0.3 is 15.2 Å². The van der Waals surface area contributed by atoms with Gasteiger partial charge in [-0.1, -0.05) is 30.3 Å². The summed E-state index contributed by atoms with van der Waals surface area (Å²) < 4.78 is 5.29. The summed E-state index contributed by atoms with van der Waals surface area (Å²) in [5.74, 6) is -0.119. The molecule has 5 heteroatoms. The van der Waals surface area contributed by atoms with Crippen molar-refractivity contribution in [3.05, 3.63) is 35.9 Å². The monoisotopic (exact) mass is 297 g/mol. The van der Waals surface area contributed by atoms with Crippen LogP contribution in [0.1, 0.15) is 18.9 Å². The first-order valence-electron chi connectivity index (χ1n) is 6.76. The summed E-state index contributed by atoms with van der Waals surface area (Å²) in [6.45, 7) is 2.30. The van der Waals surface area contributed by atoms with Crippen molar-refractivity contribution in [2.75, 3.05) is 19.1 Å². The van der Waals surface area contributed by atoms with Crippen molar-refractivity contribution < 1.29 is 14.6 Å². The lowest BCUT2D eigenvalue weighted by Crippen LogP contribution is -2.57. The quantitative estimate of drug-likeness (QED) is 0.831. The third kappa shape index (κ3) is 2.97. The molecule has 0 aromatic heterocycles. The van der Waals surface area contributed by atoms with Crippen LogP contribution in [-0.4, -0.2) is 36.2 Å². The average Bonchev–Trinajstić information content (AvgIpc) is 2.46. The maximum atomic E-state index is 11.7. The minimum absolute atomic E-state index is 0.159. The van der Waals surface area contributed by atoms with Gasteiger partial charge in [-0.15, -0.1) is 11.6 Å². The molecule has 2 rings (SSSR count). The van der Waals surface area contributed by atoms with E-state index in [0.717, 1.165) is 5.56 Å². The molecule has 1 aliphatic heterocycles. The second-order valence-electron chi connectivity index (χ2n) is 5.19. The molecule has 4 nitrogen and oxygen atoms in total. The van der Waals surface area contributed by atoms with Crippen LogP contribution in [0.25, 0.3) is 0 Å². The highest BCUT2D eigenvalue weighted by atomic mass is 35.5. The van der Waals surface area contributed by atoms with Crippen molar-refractivity contribution in [3.8, 4) is 0 Å². The van der Waals surface area contributed by atoms with Crippen LogP contribution in [0, 0.1) is 5.92 Å². The van der Waals surface area contributed by atoms with Gasteiger partial charge in [-0.05, 0) is 12.0 Å². The first kappa shape index (κ1) is 15.3. The number of carbonyl (C=O) groups excluding carboxylic acids is 1. The van der Waals surface area contributed by atoms with Crippen molar-refractivity contribution in [3.63, 3.8) is 0 Å². The van der Waals surface area contributed by atoms with Crippen molar-refractivity contribution in [1.82, 2.24) is 5.32 Å². The van der Waals surface area contributed by atoms with E-state index in [0.29, 0.717) is 13.0 Å². The first-order chi connectivity index (χ1) is 9.60. The fraction of sp³-hybridized carbons (Fsp3) is 0.533. The Morgan fingerprint density at radius 1 is 1.50 bits per heavy atom. The summed E-state index contributed by atoms with van der Waals surface area (Å²) in [7, 11) is 0. The first-order valence-corrected chi connectivity index (χ1v) is 7.29. The molecule has 0 aliphatic carbocycles. The van der Waals surface area contributed by atoms with Crippen LogP contribution in [0.5, 0.6) is 0 Å². The lowest BCUT2D eigenvalue weighted by atomic mass is 9.74. The number of halogens is 1. The second kappa shape index (κ2) is 6.57. The number of alkyl halides is 1. The van der Waals surface area contributed by atoms with E-state index in [2.05, 4.69) is 5.32 Å². The van der Waals surface area contributed by atoms with E-state index in [1.807, 2.05) is 30.3 Å². The summed E-state index contributed by atoms with van der Waals surface area (Å²) in [6.07, 6.45) is 0.0119. The van der Waals surface area contributed by atoms with Gasteiger partial charge in [0.25, 0.3) is 0 Å². The van der Waals surface area contributed by atoms with Crippen molar-refractivity contribution in [2.24, 2.45) is 5.92 Å². The Morgan fingerprint density at radius 2 is 2.20 bits per heavy atom. The van der Waals surface area contributed by atoms with E-state index in [4.69, 9.17) is 16.3 Å². The maximum absolute atomic E-state index is 11.7. The number of rotatable bonds is 4. The van der Waals surface area contributed by atoms with Crippen LogP contribution in [0.15, 0.2) is 30.3 Å². The summed E-state index contributed by atoms with van der Waals surface area (Å²) in [4.78, 5) is 11.7. The predicted molar refractivity (Wildman–Crippen MR) is 77.6 cm³/mol. The van der Waals surface area contributed by atoms with E-state index in [1.165, 1.54) is 6.92 Å². The number of amides is 1. The molecule has 110 valence electrons. The third-order valence-electron chi connectivity index (χ3n) is 3.86. The molecule has 0 unspecified atom stereocenters. The number of ether oxygens (including phenoxy) is 1. The van der Waals surface area contributed by atoms with Crippen LogP contribution in [0.3, 0.4) is 0 Å². The molecule has 0 spiro atoms. The van der Waals surface area contributed by atoms with Gasteiger partial charge in [0.1, 0.15) is 0 Å². The Balaban J connectivity index is 2.44. The van der Waals surface area contributed by atoms with Gasteiger partial charge in [-0.2, -0.15) is 0 Å². The predicted octanol–water partition coefficient (Wildman–Crippen LogP) is 1.65. The Kier molecular flexibility index (Phi) is 5.02. The van der Waals surface area contributed by atoms with E-state index >= 15 is 0 Å². The van der Waals surface area contributed by atoms with Crippen molar-refractivity contribution in [2.45, 2.75) is 25.0 Å². The van der Waals surface area contributed by atoms with Gasteiger partial charge >= 0.3 is 0 Å². The van der Waals surface area contributed by atoms with Crippen LogP contribution in [-0.2, 0) is 15.1 Å². The molecular weight excluding hydrogens is 278 g/mol. The largest absolute Gasteiger partial charge is 0.390 e. The average molecular weight is 298 g/mol. The molecule has 20 heavy (non-hydrogen) atoms. The fourth-order valence-corrected chi connectivity index (χ4v) is 3.36. The van der Waals surface area contributed by atoms with Gasteiger partial charge in [0, 0.05) is 19.4 Å². The molecule has 1 aliphatic rings. The van der Waals surface area contributed by atoms with Crippen molar-refractivity contribution >= 4 is 17.5 Å². The molecule has 2 N–H and O–H groups in total. The van der Waals surface area contributed by atoms with Crippen molar-refractivity contribution in [1.29, 1.82) is 0 Å². The van der Waals surface area contributed by atoms with Gasteiger partial charge in [0.15, 0.2) is 0 Å². The normalized spacial score (nSPS) is 25.8. The lowest BCUT2D eigenvalue weighted by Gasteiger charge is -2.44. The van der Waals surface area contributed by atoms with Gasteiger partial charge in [-0.25, -0.2) is 0 Å². The second-order valence-corrected chi connectivity index (χ2v) is 5.46. The highest BCUT2D eigenvalue weighted by molar-refractivity contribution is 6.18. The molecule has 0 radical (unpaired) electrons. The SMILES string of the molecule is CC(=O)N[C@](CCl)(c1ccccc1)[C@@H]1CCOC[C@H]1O. The molecule has 0 saturated carbocycles. The molecule has 0 bridgehead atoms. The lowest BCUT2D eigenvalue weighted by molar-refractivity contribution is -0.124. The number of aliphatic hydroxyl groups is 1. The molecule has 1 aromatic carbocycles. The number of hydrogen-bond donors (Lipinski definition) is 2. The van der Waals surface area contributed by atoms with E-state index in [9.17, 15) is 9.90 Å². The summed E-state index contributed by atoms with van der Waals surface area (Å²) in [6, 6.07) is 9.59. The highest BCUT2D eigenvalue weighted by Crippen LogP contribution is 2.37. The van der Waals surface area contributed by atoms with Crippen LogP contribution in [0.4, 0.5) is 0 Å². The Labute approximate surface area is 124 Å². The zero-order valence-corrected chi connectivity index (χ0v) is 12.3.